The summed E-state index contributed by atoms with van der Waals surface area (Å²) in [6.07, 6.45) is -2.11. The maximum Gasteiger partial charge on any atom is 0.451 e. The van der Waals surface area contributed by atoms with Gasteiger partial charge in [0, 0.05) is 12.6 Å². The second-order valence-corrected chi connectivity index (χ2v) is 5.53. The normalized spacial score (nSPS) is 17.2. The number of fused-ring (bicyclic) bond motifs is 1. The Bertz CT molecular complexity index is 858. The molecule has 0 fully saturated rings. The number of methoxy groups -OCH3 is 1. The third-order valence-corrected chi connectivity index (χ3v) is 3.88. The first-order chi connectivity index (χ1) is 11.8. The van der Waals surface area contributed by atoms with Crippen molar-refractivity contribution in [2.75, 3.05) is 7.11 Å². The smallest absolute Gasteiger partial charge is 0.451 e. The number of hydrogen-bond donors (Lipinski definition) is 0. The Balaban J connectivity index is 1.94. The van der Waals surface area contributed by atoms with Crippen LogP contribution in [0, 0.1) is 0 Å². The number of esters is 1. The number of alkyl halides is 3. The average Bonchev–Trinajstić information content (AvgIpc) is 2.90. The van der Waals surface area contributed by atoms with E-state index in [4.69, 9.17) is 4.74 Å². The van der Waals surface area contributed by atoms with Crippen molar-refractivity contribution in [1.29, 1.82) is 0 Å². The van der Waals surface area contributed by atoms with Crippen LogP contribution in [-0.2, 0) is 28.7 Å². The van der Waals surface area contributed by atoms with Crippen molar-refractivity contribution in [3.8, 4) is 0 Å². The van der Waals surface area contributed by atoms with Gasteiger partial charge in [-0.25, -0.2) is 24.2 Å². The molecule has 0 aliphatic carbocycles. The fourth-order valence-electron chi connectivity index (χ4n) is 2.77. The standard InChI is InChI=1S/C14H14F3N5O3/c1-25-11(23)9-3-2-4-10-20-21(13(24)22(9)10)7-8-5-6-18-12(19-8)14(15,16)17/h5-6,9H,2-4,7H2,1H3/t9-/m0/s1. The number of rotatable bonds is 3. The van der Waals surface area contributed by atoms with E-state index in [0.29, 0.717) is 25.1 Å². The molecular weight excluding hydrogens is 343 g/mol. The lowest BCUT2D eigenvalue weighted by Crippen LogP contribution is -2.35. The van der Waals surface area contributed by atoms with Gasteiger partial charge in [0.05, 0.1) is 19.3 Å². The van der Waals surface area contributed by atoms with Crippen molar-refractivity contribution in [1.82, 2.24) is 24.3 Å². The minimum atomic E-state index is -4.68. The van der Waals surface area contributed by atoms with Crippen molar-refractivity contribution < 1.29 is 22.7 Å². The van der Waals surface area contributed by atoms with Crippen molar-refractivity contribution in [2.45, 2.75) is 38.0 Å². The molecule has 0 unspecified atom stereocenters. The number of aromatic nitrogens is 5. The first-order valence-corrected chi connectivity index (χ1v) is 7.46. The van der Waals surface area contributed by atoms with Crippen LogP contribution < -0.4 is 5.69 Å². The maximum absolute atomic E-state index is 12.7. The zero-order chi connectivity index (χ0) is 18.2. The number of halogens is 3. The zero-order valence-corrected chi connectivity index (χ0v) is 13.2. The van der Waals surface area contributed by atoms with Crippen LogP contribution in [0.2, 0.25) is 0 Å². The molecule has 0 spiro atoms. The number of aryl methyl sites for hydroxylation is 1. The Morgan fingerprint density at radius 2 is 2.20 bits per heavy atom. The molecular formula is C14H14F3N5O3. The van der Waals surface area contributed by atoms with Gasteiger partial charge in [-0.15, -0.1) is 0 Å². The number of carbonyl (C=O) groups excluding carboxylic acids is 1. The van der Waals surface area contributed by atoms with Gasteiger partial charge in [0.15, 0.2) is 0 Å². The van der Waals surface area contributed by atoms with Crippen molar-refractivity contribution in [2.24, 2.45) is 0 Å². The van der Waals surface area contributed by atoms with Gasteiger partial charge in [-0.1, -0.05) is 0 Å². The highest BCUT2D eigenvalue weighted by molar-refractivity contribution is 5.74. The summed E-state index contributed by atoms with van der Waals surface area (Å²) in [6.45, 7) is -0.252. The Kier molecular flexibility index (Phi) is 4.31. The minimum Gasteiger partial charge on any atom is -0.467 e. The molecule has 1 aliphatic rings. The highest BCUT2D eigenvalue weighted by Gasteiger charge is 2.35. The first kappa shape index (κ1) is 17.1. The summed E-state index contributed by atoms with van der Waals surface area (Å²) in [5, 5.41) is 4.12. The molecule has 25 heavy (non-hydrogen) atoms. The maximum atomic E-state index is 12.7. The Morgan fingerprint density at radius 3 is 2.88 bits per heavy atom. The average molecular weight is 357 g/mol. The van der Waals surface area contributed by atoms with E-state index in [1.165, 1.54) is 17.7 Å². The van der Waals surface area contributed by atoms with E-state index < -0.39 is 29.7 Å². The molecule has 1 atom stereocenters. The van der Waals surface area contributed by atoms with Crippen LogP contribution in [0.5, 0.6) is 0 Å². The number of carbonyl (C=O) groups is 1. The predicted molar refractivity (Wildman–Crippen MR) is 76.6 cm³/mol. The third kappa shape index (κ3) is 3.26. The van der Waals surface area contributed by atoms with Crippen LogP contribution in [0.3, 0.4) is 0 Å². The molecule has 0 N–H and O–H groups in total. The van der Waals surface area contributed by atoms with E-state index in [-0.39, 0.29) is 12.2 Å². The molecule has 0 aromatic carbocycles. The van der Waals surface area contributed by atoms with E-state index >= 15 is 0 Å². The number of ether oxygens (including phenoxy) is 1. The number of hydrogen-bond acceptors (Lipinski definition) is 6. The summed E-state index contributed by atoms with van der Waals surface area (Å²) in [4.78, 5) is 31.0. The summed E-state index contributed by atoms with van der Waals surface area (Å²) in [5.41, 5.74) is -0.591. The largest absolute Gasteiger partial charge is 0.467 e. The summed E-state index contributed by atoms with van der Waals surface area (Å²) >= 11 is 0. The highest BCUT2D eigenvalue weighted by Crippen LogP contribution is 2.26. The summed E-state index contributed by atoms with van der Waals surface area (Å²) in [7, 11) is 1.23. The molecule has 134 valence electrons. The van der Waals surface area contributed by atoms with Crippen LogP contribution in [0.1, 0.15) is 36.2 Å². The monoisotopic (exact) mass is 357 g/mol. The lowest BCUT2D eigenvalue weighted by atomic mass is 10.1. The van der Waals surface area contributed by atoms with Crippen molar-refractivity contribution in [3.63, 3.8) is 0 Å². The summed E-state index contributed by atoms with van der Waals surface area (Å²) < 4.78 is 45.0. The van der Waals surface area contributed by atoms with Crippen LogP contribution in [0.15, 0.2) is 17.1 Å². The molecule has 11 heteroatoms. The van der Waals surface area contributed by atoms with Gasteiger partial charge in [-0.3, -0.25) is 4.57 Å². The molecule has 2 aromatic heterocycles. The molecule has 3 heterocycles. The van der Waals surface area contributed by atoms with Crippen LogP contribution >= 0.6 is 0 Å². The summed E-state index contributed by atoms with van der Waals surface area (Å²) in [6, 6.07) is 0.504. The number of nitrogens with zero attached hydrogens (tertiary/aromatic N) is 5. The van der Waals surface area contributed by atoms with E-state index in [1.807, 2.05) is 0 Å². The Labute approximate surface area is 139 Å². The predicted octanol–water partition coefficient (Wildman–Crippen LogP) is 0.952. The van der Waals surface area contributed by atoms with Crippen LogP contribution in [-0.4, -0.2) is 37.4 Å². The van der Waals surface area contributed by atoms with Crippen molar-refractivity contribution >= 4 is 5.97 Å². The molecule has 0 saturated heterocycles. The van der Waals surface area contributed by atoms with E-state index in [1.54, 1.807) is 0 Å². The second kappa shape index (κ2) is 6.30. The van der Waals surface area contributed by atoms with Gasteiger partial charge >= 0.3 is 17.8 Å². The Hall–Kier alpha value is -2.72. The topological polar surface area (TPSA) is 91.9 Å². The van der Waals surface area contributed by atoms with Gasteiger partial charge in [0.1, 0.15) is 11.9 Å². The highest BCUT2D eigenvalue weighted by atomic mass is 19.4. The third-order valence-electron chi connectivity index (χ3n) is 3.88. The molecule has 8 nitrogen and oxygen atoms in total. The molecule has 0 saturated carbocycles. The van der Waals surface area contributed by atoms with Gasteiger partial charge in [-0.05, 0) is 18.9 Å². The van der Waals surface area contributed by atoms with E-state index in [0.717, 1.165) is 10.9 Å². The molecule has 1 aliphatic heterocycles. The lowest BCUT2D eigenvalue weighted by molar-refractivity contribution is -0.146. The fraction of sp³-hybridized carbons (Fsp3) is 0.500. The zero-order valence-electron chi connectivity index (χ0n) is 13.2. The fourth-order valence-corrected chi connectivity index (χ4v) is 2.77. The SMILES string of the molecule is COC(=O)[C@@H]1CCCc2nn(Cc3ccnc(C(F)(F)F)n3)c(=O)n21. The minimum absolute atomic E-state index is 0.00510. The molecule has 0 bridgehead atoms. The summed E-state index contributed by atoms with van der Waals surface area (Å²) in [5.74, 6) is -1.43. The first-order valence-electron chi connectivity index (χ1n) is 7.46. The molecule has 2 aromatic rings. The van der Waals surface area contributed by atoms with Crippen molar-refractivity contribution in [3.05, 3.63) is 40.1 Å². The van der Waals surface area contributed by atoms with Gasteiger partial charge in [-0.2, -0.15) is 18.3 Å². The molecule has 0 amide bonds. The lowest BCUT2D eigenvalue weighted by Gasteiger charge is -2.20. The van der Waals surface area contributed by atoms with Gasteiger partial charge < -0.3 is 4.74 Å². The van der Waals surface area contributed by atoms with Gasteiger partial charge in [0.2, 0.25) is 5.82 Å². The van der Waals surface area contributed by atoms with E-state index in [9.17, 15) is 22.8 Å². The Morgan fingerprint density at radius 1 is 1.44 bits per heavy atom. The molecule has 3 rings (SSSR count). The second-order valence-electron chi connectivity index (χ2n) is 5.53. The van der Waals surface area contributed by atoms with Crippen LogP contribution in [0.25, 0.3) is 0 Å². The van der Waals surface area contributed by atoms with Gasteiger partial charge in [0.25, 0.3) is 0 Å². The van der Waals surface area contributed by atoms with Crippen LogP contribution in [0.4, 0.5) is 13.2 Å². The molecule has 0 radical (unpaired) electrons. The van der Waals surface area contributed by atoms with E-state index in [2.05, 4.69) is 15.1 Å². The quantitative estimate of drug-likeness (QED) is 0.760.